The van der Waals surface area contributed by atoms with Crippen LogP contribution in [0.25, 0.3) is 0 Å². The van der Waals surface area contributed by atoms with Crippen molar-refractivity contribution in [3.05, 3.63) is 0 Å². The molecular formula is C12H25NO5. The van der Waals surface area contributed by atoms with Crippen molar-refractivity contribution in [1.82, 2.24) is 4.90 Å². The maximum atomic E-state index is 10.9. The minimum Gasteiger partial charge on any atom is -0.469 e. The molecule has 0 rings (SSSR count). The molecule has 0 heterocycles. The van der Waals surface area contributed by atoms with Crippen LogP contribution < -0.4 is 0 Å². The van der Waals surface area contributed by atoms with Gasteiger partial charge in [-0.3, -0.25) is 4.79 Å². The predicted molar refractivity (Wildman–Crippen MR) is 67.4 cm³/mol. The molecular weight excluding hydrogens is 238 g/mol. The second kappa shape index (κ2) is 11.4. The molecule has 0 spiro atoms. The lowest BCUT2D eigenvalue weighted by Gasteiger charge is -2.20. The Morgan fingerprint density at radius 1 is 1.33 bits per heavy atom. The molecule has 0 fully saturated rings. The molecule has 1 unspecified atom stereocenters. The van der Waals surface area contributed by atoms with E-state index in [4.69, 9.17) is 9.47 Å². The zero-order chi connectivity index (χ0) is 13.8. The lowest BCUT2D eigenvalue weighted by molar-refractivity contribution is -0.140. The third kappa shape index (κ3) is 10.5. The number of nitrogens with zero attached hydrogens (tertiary/aromatic N) is 1. The highest BCUT2D eigenvalue weighted by Crippen LogP contribution is 1.97. The zero-order valence-electron chi connectivity index (χ0n) is 11.6. The van der Waals surface area contributed by atoms with E-state index in [9.17, 15) is 9.90 Å². The van der Waals surface area contributed by atoms with E-state index >= 15 is 0 Å². The first kappa shape index (κ1) is 17.3. The summed E-state index contributed by atoms with van der Waals surface area (Å²) in [5, 5.41) is 9.67. The maximum absolute atomic E-state index is 10.9. The van der Waals surface area contributed by atoms with E-state index in [-0.39, 0.29) is 5.97 Å². The van der Waals surface area contributed by atoms with Crippen LogP contribution in [0.1, 0.15) is 12.8 Å². The topological polar surface area (TPSA) is 68.2 Å². The van der Waals surface area contributed by atoms with E-state index in [1.165, 1.54) is 7.11 Å². The van der Waals surface area contributed by atoms with Gasteiger partial charge in [-0.15, -0.1) is 0 Å². The number of aliphatic hydroxyl groups is 1. The van der Waals surface area contributed by atoms with Gasteiger partial charge in [-0.1, -0.05) is 0 Å². The van der Waals surface area contributed by atoms with Gasteiger partial charge in [-0.25, -0.2) is 0 Å². The molecule has 0 radical (unpaired) electrons. The van der Waals surface area contributed by atoms with Gasteiger partial charge in [0.25, 0.3) is 0 Å². The normalized spacial score (nSPS) is 12.7. The quantitative estimate of drug-likeness (QED) is 0.414. The smallest absolute Gasteiger partial charge is 0.305 e. The number of esters is 1. The van der Waals surface area contributed by atoms with Gasteiger partial charge in [0.2, 0.25) is 0 Å². The van der Waals surface area contributed by atoms with Crippen molar-refractivity contribution in [1.29, 1.82) is 0 Å². The van der Waals surface area contributed by atoms with Gasteiger partial charge >= 0.3 is 5.97 Å². The van der Waals surface area contributed by atoms with Crippen LogP contribution in [0, 0.1) is 0 Å². The Balaban J connectivity index is 3.48. The molecule has 0 amide bonds. The highest BCUT2D eigenvalue weighted by Gasteiger charge is 2.09. The molecule has 0 aromatic heterocycles. The molecule has 0 bridgehead atoms. The Morgan fingerprint density at radius 3 is 2.67 bits per heavy atom. The zero-order valence-corrected chi connectivity index (χ0v) is 11.6. The van der Waals surface area contributed by atoms with Crippen LogP contribution in [0.2, 0.25) is 0 Å². The largest absolute Gasteiger partial charge is 0.469 e. The number of likely N-dealkylation sites (N-methyl/N-ethyl adjacent to an activating group) is 1. The fourth-order valence-electron chi connectivity index (χ4n) is 1.46. The maximum Gasteiger partial charge on any atom is 0.305 e. The summed E-state index contributed by atoms with van der Waals surface area (Å²) in [4.78, 5) is 12.9. The van der Waals surface area contributed by atoms with Gasteiger partial charge in [0.05, 0.1) is 33.0 Å². The van der Waals surface area contributed by atoms with Crippen molar-refractivity contribution in [3.63, 3.8) is 0 Å². The fraction of sp³-hybridized carbons (Fsp3) is 0.917. The number of hydrogen-bond donors (Lipinski definition) is 1. The minimum absolute atomic E-state index is 0.202. The second-order valence-corrected chi connectivity index (χ2v) is 4.16. The van der Waals surface area contributed by atoms with Crippen LogP contribution in [0.15, 0.2) is 0 Å². The van der Waals surface area contributed by atoms with Crippen molar-refractivity contribution >= 4 is 5.97 Å². The Morgan fingerprint density at radius 2 is 2.06 bits per heavy atom. The molecule has 0 aliphatic heterocycles. The summed E-state index contributed by atoms with van der Waals surface area (Å²) < 4.78 is 14.6. The van der Waals surface area contributed by atoms with E-state index in [1.807, 2.05) is 11.9 Å². The standard InChI is InChI=1S/C12H25NO5/c1-13(6-4-5-12(15)17-3)9-11(14)10-18-8-7-16-2/h11,14H,4-10H2,1-3H3. The summed E-state index contributed by atoms with van der Waals surface area (Å²) in [7, 11) is 4.89. The van der Waals surface area contributed by atoms with Crippen LogP contribution in [0.5, 0.6) is 0 Å². The molecule has 6 heteroatoms. The molecule has 0 saturated heterocycles. The average molecular weight is 263 g/mol. The third-order valence-corrected chi connectivity index (χ3v) is 2.41. The van der Waals surface area contributed by atoms with Gasteiger partial charge in [0.1, 0.15) is 0 Å². The Labute approximate surface area is 109 Å². The minimum atomic E-state index is -0.523. The number of ether oxygens (including phenoxy) is 3. The summed E-state index contributed by atoms with van der Waals surface area (Å²) in [6.07, 6.45) is 0.604. The fourth-order valence-corrected chi connectivity index (χ4v) is 1.46. The molecule has 1 N–H and O–H groups in total. The first-order valence-corrected chi connectivity index (χ1v) is 6.10. The number of hydrogen-bond acceptors (Lipinski definition) is 6. The summed E-state index contributed by atoms with van der Waals surface area (Å²) in [5.74, 6) is -0.202. The summed E-state index contributed by atoms with van der Waals surface area (Å²) in [6, 6.07) is 0. The Bertz CT molecular complexity index is 213. The molecule has 6 nitrogen and oxygen atoms in total. The number of aliphatic hydroxyl groups excluding tert-OH is 1. The van der Waals surface area contributed by atoms with Crippen molar-refractivity contribution in [2.75, 3.05) is 54.2 Å². The van der Waals surface area contributed by atoms with E-state index in [0.717, 1.165) is 13.0 Å². The first-order chi connectivity index (χ1) is 8.60. The highest BCUT2D eigenvalue weighted by molar-refractivity contribution is 5.69. The molecule has 0 saturated carbocycles. The predicted octanol–water partition coefficient (Wildman–Crippen LogP) is -0.105. The number of methoxy groups -OCH3 is 2. The number of carbonyl (C=O) groups excluding carboxylic acids is 1. The monoisotopic (exact) mass is 263 g/mol. The number of carbonyl (C=O) groups is 1. The number of rotatable bonds is 11. The third-order valence-electron chi connectivity index (χ3n) is 2.41. The molecule has 1 atom stereocenters. The van der Waals surface area contributed by atoms with Gasteiger partial charge < -0.3 is 24.2 Å². The second-order valence-electron chi connectivity index (χ2n) is 4.16. The van der Waals surface area contributed by atoms with Crippen molar-refractivity contribution < 1.29 is 24.1 Å². The van der Waals surface area contributed by atoms with Crippen LogP contribution in [0.4, 0.5) is 0 Å². The van der Waals surface area contributed by atoms with Gasteiger partial charge in [0.15, 0.2) is 0 Å². The Kier molecular flexibility index (Phi) is 11.0. The van der Waals surface area contributed by atoms with Crippen LogP contribution >= 0.6 is 0 Å². The lowest BCUT2D eigenvalue weighted by Crippen LogP contribution is -2.33. The van der Waals surface area contributed by atoms with Crippen molar-refractivity contribution in [2.24, 2.45) is 0 Å². The molecule has 108 valence electrons. The van der Waals surface area contributed by atoms with Crippen LogP contribution in [-0.2, 0) is 19.0 Å². The average Bonchev–Trinajstić information content (AvgIpc) is 2.34. The highest BCUT2D eigenvalue weighted by atomic mass is 16.5. The van der Waals surface area contributed by atoms with Crippen LogP contribution in [-0.4, -0.2) is 76.3 Å². The van der Waals surface area contributed by atoms with Crippen molar-refractivity contribution in [2.45, 2.75) is 18.9 Å². The van der Waals surface area contributed by atoms with Gasteiger partial charge in [-0.2, -0.15) is 0 Å². The first-order valence-electron chi connectivity index (χ1n) is 6.10. The van der Waals surface area contributed by atoms with Crippen molar-refractivity contribution in [3.8, 4) is 0 Å². The van der Waals surface area contributed by atoms with E-state index < -0.39 is 6.10 Å². The van der Waals surface area contributed by atoms with E-state index in [2.05, 4.69) is 4.74 Å². The van der Waals surface area contributed by atoms with E-state index in [0.29, 0.717) is 32.8 Å². The van der Waals surface area contributed by atoms with Gasteiger partial charge in [-0.05, 0) is 20.0 Å². The molecule has 0 aromatic carbocycles. The Hall–Kier alpha value is -0.690. The van der Waals surface area contributed by atoms with Crippen LogP contribution in [0.3, 0.4) is 0 Å². The SMILES string of the molecule is COCCOCC(O)CN(C)CCCC(=O)OC. The summed E-state index contributed by atoms with van der Waals surface area (Å²) in [5.41, 5.74) is 0. The molecule has 0 aromatic rings. The lowest BCUT2D eigenvalue weighted by atomic mass is 10.3. The molecule has 0 aliphatic carbocycles. The van der Waals surface area contributed by atoms with E-state index in [1.54, 1.807) is 7.11 Å². The molecule has 0 aliphatic rings. The van der Waals surface area contributed by atoms with Gasteiger partial charge in [0, 0.05) is 20.1 Å². The summed E-state index contributed by atoms with van der Waals surface area (Å²) in [6.45, 7) is 2.57. The molecule has 18 heavy (non-hydrogen) atoms. The summed E-state index contributed by atoms with van der Waals surface area (Å²) >= 11 is 0.